The monoisotopic (exact) mass is 264 g/mol. The molecule has 100 valence electrons. The van der Waals surface area contributed by atoms with Gasteiger partial charge in [0.2, 0.25) is 0 Å². The van der Waals surface area contributed by atoms with Crippen LogP contribution in [0.1, 0.15) is 0 Å². The lowest BCUT2D eigenvalue weighted by Crippen LogP contribution is -2.00. The van der Waals surface area contributed by atoms with Gasteiger partial charge in [0, 0.05) is 18.9 Å². The van der Waals surface area contributed by atoms with Crippen LogP contribution in [0.25, 0.3) is 22.4 Å². The zero-order chi connectivity index (χ0) is 13.9. The normalized spacial score (nSPS) is 10.5. The third kappa shape index (κ3) is 2.31. The summed E-state index contributed by atoms with van der Waals surface area (Å²) in [6, 6.07) is 20.3. The number of nitrogens with zero attached hydrogens (tertiary/aromatic N) is 1. The first-order valence-electron chi connectivity index (χ1n) is 6.47. The fourth-order valence-corrected chi connectivity index (χ4v) is 2.34. The Hall–Kier alpha value is -2.52. The summed E-state index contributed by atoms with van der Waals surface area (Å²) in [5, 5.41) is 0. The fourth-order valence-electron chi connectivity index (χ4n) is 2.34. The van der Waals surface area contributed by atoms with Crippen molar-refractivity contribution in [3.8, 4) is 28.1 Å². The smallest absolute Gasteiger partial charge is 0.146 e. The molecule has 1 aromatic heterocycles. The van der Waals surface area contributed by atoms with E-state index in [-0.39, 0.29) is 0 Å². The van der Waals surface area contributed by atoms with Crippen LogP contribution in [0.4, 0.5) is 0 Å². The Morgan fingerprint density at radius 1 is 0.850 bits per heavy atom. The van der Waals surface area contributed by atoms with E-state index in [2.05, 4.69) is 48.1 Å². The molecule has 0 saturated carbocycles. The van der Waals surface area contributed by atoms with Crippen molar-refractivity contribution in [1.29, 1.82) is 0 Å². The Bertz CT molecular complexity index is 700. The van der Waals surface area contributed by atoms with Crippen molar-refractivity contribution in [1.82, 2.24) is 4.57 Å². The van der Waals surface area contributed by atoms with Crippen LogP contribution >= 0.6 is 0 Å². The second-order valence-corrected chi connectivity index (χ2v) is 4.73. The number of rotatable bonds is 3. The summed E-state index contributed by atoms with van der Waals surface area (Å²) in [6.45, 7) is 0. The van der Waals surface area contributed by atoms with Crippen LogP contribution in [0.3, 0.4) is 0 Å². The molecule has 0 spiro atoms. The summed E-state index contributed by atoms with van der Waals surface area (Å²) >= 11 is 0. The molecule has 3 nitrogen and oxygen atoms in total. The molecule has 2 aromatic carbocycles. The summed E-state index contributed by atoms with van der Waals surface area (Å²) in [4.78, 5) is 4.70. The summed E-state index contributed by atoms with van der Waals surface area (Å²) < 4.78 is 2.14. The minimum atomic E-state index is 0.660. The maximum Gasteiger partial charge on any atom is 0.146 e. The van der Waals surface area contributed by atoms with E-state index >= 15 is 0 Å². The van der Waals surface area contributed by atoms with E-state index < -0.39 is 0 Å². The summed E-state index contributed by atoms with van der Waals surface area (Å²) in [7, 11) is 2.06. The molecule has 0 aliphatic rings. The molecule has 20 heavy (non-hydrogen) atoms. The highest BCUT2D eigenvalue weighted by atomic mass is 16.6. The van der Waals surface area contributed by atoms with Crippen molar-refractivity contribution < 1.29 is 4.84 Å². The van der Waals surface area contributed by atoms with Crippen molar-refractivity contribution in [2.45, 2.75) is 0 Å². The number of aryl methyl sites for hydroxylation is 1. The molecule has 1 heterocycles. The third-order valence-corrected chi connectivity index (χ3v) is 3.40. The van der Waals surface area contributed by atoms with Crippen LogP contribution in [-0.2, 0) is 7.05 Å². The Morgan fingerprint density at radius 2 is 1.55 bits per heavy atom. The molecular formula is C17H16N2O. The third-order valence-electron chi connectivity index (χ3n) is 3.40. The van der Waals surface area contributed by atoms with Crippen LogP contribution in [0, 0.1) is 0 Å². The molecule has 0 bridgehead atoms. The van der Waals surface area contributed by atoms with Gasteiger partial charge in [0.15, 0.2) is 0 Å². The predicted molar refractivity (Wildman–Crippen MR) is 81.1 cm³/mol. The van der Waals surface area contributed by atoms with Gasteiger partial charge in [-0.05, 0) is 34.9 Å². The number of benzene rings is 2. The van der Waals surface area contributed by atoms with Gasteiger partial charge in [0.25, 0.3) is 0 Å². The average molecular weight is 264 g/mol. The molecule has 3 aromatic rings. The topological polar surface area (TPSA) is 40.2 Å². The van der Waals surface area contributed by atoms with Gasteiger partial charge in [0.05, 0.1) is 0 Å². The van der Waals surface area contributed by atoms with E-state index in [9.17, 15) is 0 Å². The Balaban J connectivity index is 2.00. The van der Waals surface area contributed by atoms with Gasteiger partial charge in [-0.25, -0.2) is 0 Å². The highest BCUT2D eigenvalue weighted by Crippen LogP contribution is 2.28. The zero-order valence-corrected chi connectivity index (χ0v) is 11.3. The van der Waals surface area contributed by atoms with Gasteiger partial charge in [-0.15, -0.1) is 0 Å². The molecule has 0 radical (unpaired) electrons. The van der Waals surface area contributed by atoms with Crippen LogP contribution in [0.5, 0.6) is 5.75 Å². The molecule has 0 saturated heterocycles. The predicted octanol–water partition coefficient (Wildman–Crippen LogP) is 3.61. The van der Waals surface area contributed by atoms with E-state index in [1.807, 2.05) is 30.3 Å². The van der Waals surface area contributed by atoms with Gasteiger partial charge < -0.3 is 9.40 Å². The molecule has 3 heteroatoms. The number of hydrogen-bond donors (Lipinski definition) is 1. The van der Waals surface area contributed by atoms with Crippen LogP contribution < -0.4 is 10.7 Å². The Morgan fingerprint density at radius 3 is 2.20 bits per heavy atom. The van der Waals surface area contributed by atoms with Crippen molar-refractivity contribution in [3.05, 3.63) is 66.9 Å². The molecule has 3 rings (SSSR count). The van der Waals surface area contributed by atoms with E-state index in [4.69, 9.17) is 10.7 Å². The first-order chi connectivity index (χ1) is 9.78. The van der Waals surface area contributed by atoms with E-state index in [1.165, 1.54) is 16.8 Å². The number of nitrogens with two attached hydrogens (primary N) is 1. The fraction of sp³-hybridized carbons (Fsp3) is 0.0588. The van der Waals surface area contributed by atoms with Crippen molar-refractivity contribution in [3.63, 3.8) is 0 Å². The molecule has 0 aliphatic heterocycles. The van der Waals surface area contributed by atoms with E-state index in [0.717, 1.165) is 5.56 Å². The van der Waals surface area contributed by atoms with Crippen molar-refractivity contribution in [2.24, 2.45) is 12.9 Å². The zero-order valence-electron chi connectivity index (χ0n) is 11.3. The maximum absolute atomic E-state index is 5.14. The lowest BCUT2D eigenvalue weighted by atomic mass is 10.1. The highest BCUT2D eigenvalue weighted by molar-refractivity contribution is 5.72. The van der Waals surface area contributed by atoms with Crippen LogP contribution in [0.2, 0.25) is 0 Å². The molecular weight excluding hydrogens is 248 g/mol. The van der Waals surface area contributed by atoms with Gasteiger partial charge in [-0.1, -0.05) is 42.5 Å². The molecule has 0 aliphatic carbocycles. The minimum absolute atomic E-state index is 0.660. The molecule has 0 fully saturated rings. The second-order valence-electron chi connectivity index (χ2n) is 4.73. The van der Waals surface area contributed by atoms with Crippen molar-refractivity contribution >= 4 is 0 Å². The summed E-state index contributed by atoms with van der Waals surface area (Å²) in [5.74, 6) is 5.80. The SMILES string of the molecule is Cn1cc(-c2ccc(ON)cc2)cc1-c1ccccc1. The molecule has 0 amide bonds. The average Bonchev–Trinajstić information content (AvgIpc) is 2.90. The second kappa shape index (κ2) is 5.23. The first kappa shape index (κ1) is 12.5. The maximum atomic E-state index is 5.14. The first-order valence-corrected chi connectivity index (χ1v) is 6.47. The van der Waals surface area contributed by atoms with Crippen molar-refractivity contribution in [2.75, 3.05) is 0 Å². The van der Waals surface area contributed by atoms with Crippen LogP contribution in [-0.4, -0.2) is 4.57 Å². The highest BCUT2D eigenvalue weighted by Gasteiger charge is 2.07. The Kier molecular flexibility index (Phi) is 3.27. The van der Waals surface area contributed by atoms with Gasteiger partial charge in [-0.3, -0.25) is 0 Å². The van der Waals surface area contributed by atoms with Gasteiger partial charge >= 0.3 is 0 Å². The molecule has 0 unspecified atom stereocenters. The molecule has 2 N–H and O–H groups in total. The largest absolute Gasteiger partial charge is 0.412 e. The lowest BCUT2D eigenvalue weighted by molar-refractivity contribution is 0.334. The number of aromatic nitrogens is 1. The van der Waals surface area contributed by atoms with Gasteiger partial charge in [-0.2, -0.15) is 5.90 Å². The van der Waals surface area contributed by atoms with E-state index in [1.54, 1.807) is 0 Å². The minimum Gasteiger partial charge on any atom is -0.412 e. The van der Waals surface area contributed by atoms with Crippen LogP contribution in [0.15, 0.2) is 66.9 Å². The summed E-state index contributed by atoms with van der Waals surface area (Å²) in [5.41, 5.74) is 4.72. The standard InChI is InChI=1S/C17H16N2O/c1-19-12-15(13-7-9-16(20-18)10-8-13)11-17(19)14-5-3-2-4-6-14/h2-12H,18H2,1H3. The lowest BCUT2D eigenvalue weighted by Gasteiger charge is -2.01. The summed E-state index contributed by atoms with van der Waals surface area (Å²) in [6.07, 6.45) is 2.13. The molecule has 0 atom stereocenters. The Labute approximate surface area is 118 Å². The van der Waals surface area contributed by atoms with Gasteiger partial charge in [0.1, 0.15) is 5.75 Å². The van der Waals surface area contributed by atoms with E-state index in [0.29, 0.717) is 5.75 Å². The quantitative estimate of drug-likeness (QED) is 0.734. The number of hydrogen-bond acceptors (Lipinski definition) is 2.